The maximum Gasteiger partial charge on any atom is 0.230 e. The number of hydrogen-bond acceptors (Lipinski definition) is 2. The predicted molar refractivity (Wildman–Crippen MR) is 80.6 cm³/mol. The third-order valence-corrected chi connectivity index (χ3v) is 3.28. The van der Waals surface area contributed by atoms with Gasteiger partial charge in [-0.05, 0) is 19.4 Å². The van der Waals surface area contributed by atoms with E-state index >= 15 is 0 Å². The normalized spacial score (nSPS) is 10.7. The van der Waals surface area contributed by atoms with Gasteiger partial charge < -0.3 is 5.32 Å². The van der Waals surface area contributed by atoms with Gasteiger partial charge in [-0.1, -0.05) is 25.5 Å². The Kier molecular flexibility index (Phi) is 5.25. The number of nitrogens with one attached hydrogen (secondary N) is 1. The summed E-state index contributed by atoms with van der Waals surface area (Å²) < 4.78 is 28.4. The number of aromatic nitrogens is 2. The third-order valence-electron chi connectivity index (χ3n) is 3.28. The maximum atomic E-state index is 13.6. The standard InChI is InChI=1S/C16H19F2N3O/c1-3-4-8-21-14(9-11(2)20-21)19-15(22)10-12-6-5-7-13(17)16(12)18/h5-7,9H,3-4,8,10H2,1-2H3,(H,19,22). The molecular formula is C16H19F2N3O. The number of hydrogen-bond donors (Lipinski definition) is 1. The van der Waals surface area contributed by atoms with Crippen molar-refractivity contribution in [1.29, 1.82) is 0 Å². The first-order chi connectivity index (χ1) is 10.5. The van der Waals surface area contributed by atoms with Crippen LogP contribution in [0.4, 0.5) is 14.6 Å². The molecule has 118 valence electrons. The molecule has 2 rings (SSSR count). The summed E-state index contributed by atoms with van der Waals surface area (Å²) in [6.07, 6.45) is 1.74. The van der Waals surface area contributed by atoms with E-state index in [-0.39, 0.29) is 12.0 Å². The zero-order valence-corrected chi connectivity index (χ0v) is 12.7. The van der Waals surface area contributed by atoms with Crippen molar-refractivity contribution < 1.29 is 13.6 Å². The fourth-order valence-electron chi connectivity index (χ4n) is 2.17. The van der Waals surface area contributed by atoms with E-state index in [2.05, 4.69) is 17.3 Å². The topological polar surface area (TPSA) is 46.9 Å². The van der Waals surface area contributed by atoms with Gasteiger partial charge in [-0.15, -0.1) is 0 Å². The fraction of sp³-hybridized carbons (Fsp3) is 0.375. The van der Waals surface area contributed by atoms with Gasteiger partial charge in [-0.25, -0.2) is 13.5 Å². The lowest BCUT2D eigenvalue weighted by atomic mass is 10.1. The molecule has 0 fully saturated rings. The fourth-order valence-corrected chi connectivity index (χ4v) is 2.17. The first kappa shape index (κ1) is 16.1. The third kappa shape index (κ3) is 3.90. The quantitative estimate of drug-likeness (QED) is 0.888. The summed E-state index contributed by atoms with van der Waals surface area (Å²) in [4.78, 5) is 12.0. The molecular weight excluding hydrogens is 288 g/mol. The molecule has 0 radical (unpaired) electrons. The second kappa shape index (κ2) is 7.15. The number of anilines is 1. The van der Waals surface area contributed by atoms with Gasteiger partial charge in [0.25, 0.3) is 0 Å². The van der Waals surface area contributed by atoms with Crippen molar-refractivity contribution in [3.05, 3.63) is 47.2 Å². The van der Waals surface area contributed by atoms with Crippen LogP contribution in [-0.2, 0) is 17.8 Å². The van der Waals surface area contributed by atoms with Crippen LogP contribution in [0.15, 0.2) is 24.3 Å². The molecule has 0 unspecified atom stereocenters. The molecule has 1 heterocycles. The molecule has 0 aliphatic heterocycles. The van der Waals surface area contributed by atoms with Crippen LogP contribution in [-0.4, -0.2) is 15.7 Å². The van der Waals surface area contributed by atoms with Crippen molar-refractivity contribution in [2.24, 2.45) is 0 Å². The molecule has 0 bridgehead atoms. The van der Waals surface area contributed by atoms with Crippen LogP contribution >= 0.6 is 0 Å². The summed E-state index contributed by atoms with van der Waals surface area (Å²) in [5.74, 6) is -1.75. The molecule has 22 heavy (non-hydrogen) atoms. The number of carbonyl (C=O) groups is 1. The van der Waals surface area contributed by atoms with Crippen LogP contribution in [0, 0.1) is 18.6 Å². The lowest BCUT2D eigenvalue weighted by Gasteiger charge is -2.09. The minimum absolute atomic E-state index is 0.0360. The number of unbranched alkanes of at least 4 members (excludes halogenated alkanes) is 1. The Balaban J connectivity index is 2.07. The van der Waals surface area contributed by atoms with Gasteiger partial charge in [0, 0.05) is 18.2 Å². The van der Waals surface area contributed by atoms with Crippen LogP contribution in [0.3, 0.4) is 0 Å². The molecule has 0 saturated carbocycles. The Morgan fingerprint density at radius 1 is 1.36 bits per heavy atom. The molecule has 0 spiro atoms. The summed E-state index contributed by atoms with van der Waals surface area (Å²) in [5.41, 5.74) is 0.831. The minimum atomic E-state index is -0.978. The maximum absolute atomic E-state index is 13.6. The highest BCUT2D eigenvalue weighted by molar-refractivity contribution is 5.91. The monoisotopic (exact) mass is 307 g/mol. The molecule has 1 aromatic heterocycles. The zero-order chi connectivity index (χ0) is 16.1. The van der Waals surface area contributed by atoms with Crippen molar-refractivity contribution in [1.82, 2.24) is 9.78 Å². The molecule has 4 nitrogen and oxygen atoms in total. The Hall–Kier alpha value is -2.24. The number of amides is 1. The number of aryl methyl sites for hydroxylation is 2. The Morgan fingerprint density at radius 2 is 2.14 bits per heavy atom. The van der Waals surface area contributed by atoms with Gasteiger partial charge in [0.05, 0.1) is 12.1 Å². The van der Waals surface area contributed by atoms with Gasteiger partial charge in [0.1, 0.15) is 5.82 Å². The highest BCUT2D eigenvalue weighted by atomic mass is 19.2. The molecule has 6 heteroatoms. The van der Waals surface area contributed by atoms with E-state index in [1.165, 1.54) is 12.1 Å². The van der Waals surface area contributed by atoms with E-state index < -0.39 is 17.5 Å². The lowest BCUT2D eigenvalue weighted by Crippen LogP contribution is -2.18. The first-order valence-electron chi connectivity index (χ1n) is 7.28. The number of rotatable bonds is 6. The van der Waals surface area contributed by atoms with Crippen LogP contribution < -0.4 is 5.32 Å². The Bertz CT molecular complexity index is 667. The molecule has 2 aromatic rings. The van der Waals surface area contributed by atoms with Gasteiger partial charge >= 0.3 is 0 Å². The smallest absolute Gasteiger partial charge is 0.230 e. The summed E-state index contributed by atoms with van der Waals surface area (Å²) in [5, 5.41) is 7.02. The van der Waals surface area contributed by atoms with Gasteiger partial charge in [-0.2, -0.15) is 5.10 Å². The van der Waals surface area contributed by atoms with Crippen LogP contribution in [0.25, 0.3) is 0 Å². The van der Waals surface area contributed by atoms with E-state index in [0.717, 1.165) is 24.6 Å². The van der Waals surface area contributed by atoms with Crippen molar-refractivity contribution in [3.8, 4) is 0 Å². The van der Waals surface area contributed by atoms with Crippen molar-refractivity contribution in [3.63, 3.8) is 0 Å². The van der Waals surface area contributed by atoms with E-state index in [4.69, 9.17) is 0 Å². The molecule has 0 saturated heterocycles. The van der Waals surface area contributed by atoms with Crippen LogP contribution in [0.1, 0.15) is 31.0 Å². The van der Waals surface area contributed by atoms with Crippen molar-refractivity contribution in [2.45, 2.75) is 39.7 Å². The molecule has 0 aliphatic carbocycles. The summed E-state index contributed by atoms with van der Waals surface area (Å²) >= 11 is 0. The van der Waals surface area contributed by atoms with Gasteiger partial charge in [0.2, 0.25) is 5.91 Å². The number of benzene rings is 1. The molecule has 0 aliphatic rings. The highest BCUT2D eigenvalue weighted by Crippen LogP contribution is 2.15. The predicted octanol–water partition coefficient (Wildman–Crippen LogP) is 3.45. The largest absolute Gasteiger partial charge is 0.311 e. The van der Waals surface area contributed by atoms with Crippen molar-refractivity contribution >= 4 is 11.7 Å². The Labute approximate surface area is 128 Å². The first-order valence-corrected chi connectivity index (χ1v) is 7.28. The van der Waals surface area contributed by atoms with E-state index in [1.807, 2.05) is 6.92 Å². The van der Waals surface area contributed by atoms with Crippen molar-refractivity contribution in [2.75, 3.05) is 5.32 Å². The lowest BCUT2D eigenvalue weighted by molar-refractivity contribution is -0.115. The highest BCUT2D eigenvalue weighted by Gasteiger charge is 2.14. The molecule has 1 amide bonds. The number of nitrogens with zero attached hydrogens (tertiary/aromatic N) is 2. The van der Waals surface area contributed by atoms with E-state index in [0.29, 0.717) is 12.4 Å². The summed E-state index contributed by atoms with van der Waals surface area (Å²) in [6.45, 7) is 4.61. The average Bonchev–Trinajstić information content (AvgIpc) is 2.81. The summed E-state index contributed by atoms with van der Waals surface area (Å²) in [7, 11) is 0. The van der Waals surface area contributed by atoms with E-state index in [9.17, 15) is 13.6 Å². The molecule has 0 atom stereocenters. The average molecular weight is 307 g/mol. The van der Waals surface area contributed by atoms with Crippen LogP contribution in [0.5, 0.6) is 0 Å². The molecule has 1 N–H and O–H groups in total. The van der Waals surface area contributed by atoms with Gasteiger partial charge in [0.15, 0.2) is 11.6 Å². The van der Waals surface area contributed by atoms with E-state index in [1.54, 1.807) is 10.7 Å². The summed E-state index contributed by atoms with van der Waals surface area (Å²) in [6, 6.07) is 5.57. The Morgan fingerprint density at radius 3 is 2.86 bits per heavy atom. The second-order valence-corrected chi connectivity index (χ2v) is 5.19. The van der Waals surface area contributed by atoms with Gasteiger partial charge in [-0.3, -0.25) is 4.79 Å². The van der Waals surface area contributed by atoms with Crippen LogP contribution in [0.2, 0.25) is 0 Å². The zero-order valence-electron chi connectivity index (χ0n) is 12.7. The molecule has 1 aromatic carbocycles. The number of halogens is 2. The SMILES string of the molecule is CCCCn1nc(C)cc1NC(=O)Cc1cccc(F)c1F. The minimum Gasteiger partial charge on any atom is -0.311 e. The number of carbonyl (C=O) groups excluding carboxylic acids is 1. The second-order valence-electron chi connectivity index (χ2n) is 5.19.